The second-order valence-corrected chi connectivity index (χ2v) is 7.08. The molecule has 2 fully saturated rings. The van der Waals surface area contributed by atoms with Gasteiger partial charge >= 0.3 is 0 Å². The number of methoxy groups -OCH3 is 1. The van der Waals surface area contributed by atoms with Gasteiger partial charge in [-0.2, -0.15) is 0 Å². The summed E-state index contributed by atoms with van der Waals surface area (Å²) in [5.41, 5.74) is 0. The summed E-state index contributed by atoms with van der Waals surface area (Å²) in [6.07, 6.45) is 6.87. The first-order valence-corrected chi connectivity index (χ1v) is 8.65. The van der Waals surface area contributed by atoms with Gasteiger partial charge < -0.3 is 10.1 Å². The van der Waals surface area contributed by atoms with E-state index in [1.165, 1.54) is 45.2 Å². The van der Waals surface area contributed by atoms with Crippen LogP contribution in [-0.2, 0) is 4.74 Å². The molecule has 4 atom stereocenters. The fourth-order valence-corrected chi connectivity index (χ4v) is 4.40. The van der Waals surface area contributed by atoms with Gasteiger partial charge in [0, 0.05) is 32.3 Å². The van der Waals surface area contributed by atoms with Gasteiger partial charge in [0.15, 0.2) is 0 Å². The van der Waals surface area contributed by atoms with E-state index in [1.54, 1.807) is 0 Å². The fraction of sp³-hybridized carbons (Fsp3) is 1.00. The molecule has 20 heavy (non-hydrogen) atoms. The highest BCUT2D eigenvalue weighted by atomic mass is 16.5. The first-order valence-electron chi connectivity index (χ1n) is 8.65. The van der Waals surface area contributed by atoms with Gasteiger partial charge in [-0.3, -0.25) is 4.90 Å². The highest BCUT2D eigenvalue weighted by molar-refractivity contribution is 4.95. The smallest absolute Gasteiger partial charge is 0.0595 e. The largest absolute Gasteiger partial charge is 0.381 e. The van der Waals surface area contributed by atoms with Gasteiger partial charge in [-0.25, -0.2) is 0 Å². The topological polar surface area (TPSA) is 24.5 Å². The van der Waals surface area contributed by atoms with Crippen LogP contribution in [0.2, 0.25) is 0 Å². The van der Waals surface area contributed by atoms with Crippen LogP contribution in [0.5, 0.6) is 0 Å². The van der Waals surface area contributed by atoms with Crippen LogP contribution in [0.25, 0.3) is 0 Å². The van der Waals surface area contributed by atoms with Crippen molar-refractivity contribution in [1.29, 1.82) is 0 Å². The standard InChI is InChI=1S/C17H34N2O/c1-5-8-18-16-12-13(2)11-14(3)17(16)19-9-6-15(20-4)7-10-19/h13-18H,5-12H2,1-4H3. The monoisotopic (exact) mass is 282 g/mol. The highest BCUT2D eigenvalue weighted by Crippen LogP contribution is 2.33. The van der Waals surface area contributed by atoms with Crippen molar-refractivity contribution in [1.82, 2.24) is 10.2 Å². The molecule has 4 unspecified atom stereocenters. The van der Waals surface area contributed by atoms with Crippen LogP contribution in [0.4, 0.5) is 0 Å². The average molecular weight is 282 g/mol. The van der Waals surface area contributed by atoms with Crippen LogP contribution in [-0.4, -0.2) is 49.8 Å². The summed E-state index contributed by atoms with van der Waals surface area (Å²) in [5, 5.41) is 3.83. The van der Waals surface area contributed by atoms with E-state index < -0.39 is 0 Å². The fourth-order valence-electron chi connectivity index (χ4n) is 4.40. The maximum Gasteiger partial charge on any atom is 0.0595 e. The quantitative estimate of drug-likeness (QED) is 0.839. The third-order valence-electron chi connectivity index (χ3n) is 5.31. The molecule has 0 aromatic rings. The maximum atomic E-state index is 5.52. The summed E-state index contributed by atoms with van der Waals surface area (Å²) in [5.74, 6) is 1.68. The molecule has 0 aromatic carbocycles. The predicted molar refractivity (Wildman–Crippen MR) is 85.0 cm³/mol. The van der Waals surface area contributed by atoms with Gasteiger partial charge in [0.25, 0.3) is 0 Å². The maximum absolute atomic E-state index is 5.52. The third kappa shape index (κ3) is 3.96. The number of nitrogens with zero attached hydrogens (tertiary/aromatic N) is 1. The summed E-state index contributed by atoms with van der Waals surface area (Å²) < 4.78 is 5.52. The number of ether oxygens (including phenoxy) is 1. The Bertz CT molecular complexity index is 276. The Balaban J connectivity index is 1.97. The first-order chi connectivity index (χ1) is 9.65. The summed E-state index contributed by atoms with van der Waals surface area (Å²) in [6.45, 7) is 10.7. The summed E-state index contributed by atoms with van der Waals surface area (Å²) in [7, 11) is 1.86. The van der Waals surface area contributed by atoms with Gasteiger partial charge in [-0.1, -0.05) is 20.8 Å². The van der Waals surface area contributed by atoms with Crippen molar-refractivity contribution in [3.8, 4) is 0 Å². The van der Waals surface area contributed by atoms with Crippen molar-refractivity contribution in [2.45, 2.75) is 71.1 Å². The molecular weight excluding hydrogens is 248 g/mol. The number of piperidine rings is 1. The zero-order valence-corrected chi connectivity index (χ0v) is 13.9. The van der Waals surface area contributed by atoms with Crippen LogP contribution in [0.15, 0.2) is 0 Å². The lowest BCUT2D eigenvalue weighted by molar-refractivity contribution is -0.00567. The molecular formula is C17H34N2O. The molecule has 0 spiro atoms. The lowest BCUT2D eigenvalue weighted by Crippen LogP contribution is -2.58. The van der Waals surface area contributed by atoms with Gasteiger partial charge in [0.05, 0.1) is 6.10 Å². The summed E-state index contributed by atoms with van der Waals surface area (Å²) >= 11 is 0. The van der Waals surface area contributed by atoms with Crippen LogP contribution < -0.4 is 5.32 Å². The molecule has 3 nitrogen and oxygen atoms in total. The normalized spacial score (nSPS) is 37.2. The molecule has 1 heterocycles. The van der Waals surface area contributed by atoms with Crippen molar-refractivity contribution < 1.29 is 4.74 Å². The second kappa shape index (κ2) is 7.77. The molecule has 1 aliphatic carbocycles. The number of likely N-dealkylation sites (tertiary alicyclic amines) is 1. The van der Waals surface area contributed by atoms with E-state index in [2.05, 4.69) is 31.0 Å². The molecule has 1 N–H and O–H groups in total. The van der Waals surface area contributed by atoms with Gasteiger partial charge in [-0.05, 0) is 50.5 Å². The molecule has 0 aromatic heterocycles. The Labute approximate surface area is 125 Å². The number of hydrogen-bond acceptors (Lipinski definition) is 3. The van der Waals surface area contributed by atoms with E-state index in [0.717, 1.165) is 24.4 Å². The number of nitrogens with one attached hydrogen (secondary N) is 1. The Morgan fingerprint density at radius 1 is 1.15 bits per heavy atom. The molecule has 1 saturated carbocycles. The Hall–Kier alpha value is -0.120. The van der Waals surface area contributed by atoms with Crippen molar-refractivity contribution in [3.05, 3.63) is 0 Å². The molecule has 2 rings (SSSR count). The molecule has 3 heteroatoms. The van der Waals surface area contributed by atoms with E-state index >= 15 is 0 Å². The van der Waals surface area contributed by atoms with Gasteiger partial charge in [-0.15, -0.1) is 0 Å². The van der Waals surface area contributed by atoms with Crippen molar-refractivity contribution in [2.75, 3.05) is 26.7 Å². The number of rotatable bonds is 5. The van der Waals surface area contributed by atoms with Crippen molar-refractivity contribution in [3.63, 3.8) is 0 Å². The molecule has 1 aliphatic heterocycles. The van der Waals surface area contributed by atoms with Crippen LogP contribution >= 0.6 is 0 Å². The minimum Gasteiger partial charge on any atom is -0.381 e. The molecule has 118 valence electrons. The predicted octanol–water partition coefficient (Wildman–Crippen LogP) is 2.90. The van der Waals surface area contributed by atoms with E-state index in [0.29, 0.717) is 12.1 Å². The zero-order chi connectivity index (χ0) is 14.5. The lowest BCUT2D eigenvalue weighted by Gasteiger charge is -2.48. The van der Waals surface area contributed by atoms with E-state index in [9.17, 15) is 0 Å². The zero-order valence-electron chi connectivity index (χ0n) is 13.9. The molecule has 0 amide bonds. The second-order valence-electron chi connectivity index (χ2n) is 7.08. The van der Waals surface area contributed by atoms with E-state index in [4.69, 9.17) is 4.74 Å². The Morgan fingerprint density at radius 2 is 1.85 bits per heavy atom. The van der Waals surface area contributed by atoms with Crippen LogP contribution in [0.3, 0.4) is 0 Å². The SMILES string of the molecule is CCCNC1CC(C)CC(C)C1N1CCC(OC)CC1. The Morgan fingerprint density at radius 3 is 2.45 bits per heavy atom. The number of hydrogen-bond donors (Lipinski definition) is 1. The van der Waals surface area contributed by atoms with Crippen LogP contribution in [0.1, 0.15) is 52.9 Å². The molecule has 2 aliphatic rings. The molecule has 0 bridgehead atoms. The molecule has 0 radical (unpaired) electrons. The lowest BCUT2D eigenvalue weighted by atomic mass is 9.75. The van der Waals surface area contributed by atoms with Gasteiger partial charge in [0.1, 0.15) is 0 Å². The Kier molecular flexibility index (Phi) is 6.31. The van der Waals surface area contributed by atoms with Crippen molar-refractivity contribution >= 4 is 0 Å². The highest BCUT2D eigenvalue weighted by Gasteiger charge is 2.38. The minimum atomic E-state index is 0.492. The molecule has 1 saturated heterocycles. The van der Waals surface area contributed by atoms with E-state index in [-0.39, 0.29) is 0 Å². The summed E-state index contributed by atoms with van der Waals surface area (Å²) in [4.78, 5) is 2.75. The third-order valence-corrected chi connectivity index (χ3v) is 5.31. The van der Waals surface area contributed by atoms with E-state index in [1.807, 2.05) is 7.11 Å². The van der Waals surface area contributed by atoms with Crippen molar-refractivity contribution in [2.24, 2.45) is 11.8 Å². The first kappa shape index (κ1) is 16.3. The van der Waals surface area contributed by atoms with Crippen LogP contribution in [0, 0.1) is 11.8 Å². The van der Waals surface area contributed by atoms with Gasteiger partial charge in [0.2, 0.25) is 0 Å². The summed E-state index contributed by atoms with van der Waals surface area (Å²) in [6, 6.07) is 1.42. The average Bonchev–Trinajstić information content (AvgIpc) is 2.45. The minimum absolute atomic E-state index is 0.492.